The van der Waals surface area contributed by atoms with Gasteiger partial charge in [0.15, 0.2) is 0 Å². The molecular formula is C39H34N2S. The lowest BCUT2D eigenvalue weighted by Crippen LogP contribution is -2.09. The predicted octanol–water partition coefficient (Wildman–Crippen LogP) is 11.5. The number of fused-ring (bicyclic) bond motifs is 2. The van der Waals surface area contributed by atoms with Crippen LogP contribution in [0, 0.1) is 0 Å². The van der Waals surface area contributed by atoms with Gasteiger partial charge in [0, 0.05) is 21.0 Å². The molecule has 2 heterocycles. The van der Waals surface area contributed by atoms with Crippen molar-refractivity contribution in [3.63, 3.8) is 0 Å². The molecule has 3 heteroatoms. The van der Waals surface area contributed by atoms with Crippen molar-refractivity contribution >= 4 is 32.5 Å². The first-order chi connectivity index (χ1) is 20.5. The topological polar surface area (TPSA) is 17.8 Å². The van der Waals surface area contributed by atoms with Crippen molar-refractivity contribution in [1.29, 1.82) is 0 Å². The van der Waals surface area contributed by atoms with Gasteiger partial charge in [0.25, 0.3) is 0 Å². The quantitative estimate of drug-likeness (QED) is 0.197. The molecule has 0 aliphatic heterocycles. The van der Waals surface area contributed by atoms with Gasteiger partial charge >= 0.3 is 0 Å². The Bertz CT molecular complexity index is 2000. The van der Waals surface area contributed by atoms with Crippen molar-refractivity contribution in [3.05, 3.63) is 132 Å². The molecular weight excluding hydrogens is 529 g/mol. The first-order valence-corrected chi connectivity index (χ1v) is 15.7. The largest absolute Gasteiger partial charge is 0.292 e. The summed E-state index contributed by atoms with van der Waals surface area (Å²) >= 11 is 1.80. The molecule has 5 aromatic carbocycles. The van der Waals surface area contributed by atoms with E-state index in [-0.39, 0.29) is 0 Å². The summed E-state index contributed by atoms with van der Waals surface area (Å²) in [4.78, 5) is 5.31. The average Bonchev–Trinajstić information content (AvgIpc) is 3.62. The Morgan fingerprint density at radius 1 is 0.595 bits per heavy atom. The molecule has 206 valence electrons. The maximum absolute atomic E-state index is 5.31. The average molecular weight is 563 g/mol. The van der Waals surface area contributed by atoms with Crippen LogP contribution in [0.25, 0.3) is 60.4 Å². The van der Waals surface area contributed by atoms with E-state index in [1.807, 2.05) is 0 Å². The Labute approximate surface area is 251 Å². The van der Waals surface area contributed by atoms with Crippen molar-refractivity contribution in [2.75, 3.05) is 0 Å². The summed E-state index contributed by atoms with van der Waals surface area (Å²) in [5, 5.41) is 3.54. The molecule has 0 atom stereocenters. The third-order valence-corrected chi connectivity index (χ3v) is 9.17. The number of benzene rings is 5. The molecule has 42 heavy (non-hydrogen) atoms. The number of nitrogens with zero attached hydrogens (tertiary/aromatic N) is 2. The fourth-order valence-electron chi connectivity index (χ4n) is 6.06. The van der Waals surface area contributed by atoms with Crippen molar-refractivity contribution in [2.24, 2.45) is 0 Å². The fraction of sp³-hybridized carbons (Fsp3) is 0.154. The molecule has 0 aliphatic rings. The molecule has 7 rings (SSSR count). The SMILES string of the molecule is CC(C)c1cc(-c2ccccc2)cc(C(C)C)c1-n1c(-c2csc3cc(-c4ccccc4)ccc23)nc2ccccc21. The Morgan fingerprint density at radius 3 is 1.83 bits per heavy atom. The third kappa shape index (κ3) is 4.55. The summed E-state index contributed by atoms with van der Waals surface area (Å²) in [6.45, 7) is 9.23. The van der Waals surface area contributed by atoms with E-state index in [1.165, 1.54) is 54.7 Å². The summed E-state index contributed by atoms with van der Waals surface area (Å²) in [6.07, 6.45) is 0. The Morgan fingerprint density at radius 2 is 1.19 bits per heavy atom. The summed E-state index contributed by atoms with van der Waals surface area (Å²) in [7, 11) is 0. The van der Waals surface area contributed by atoms with Crippen LogP contribution >= 0.6 is 11.3 Å². The first kappa shape index (κ1) is 26.4. The first-order valence-electron chi connectivity index (χ1n) is 14.8. The van der Waals surface area contributed by atoms with Crippen LogP contribution in [0.5, 0.6) is 0 Å². The highest BCUT2D eigenvalue weighted by molar-refractivity contribution is 7.17. The molecule has 0 unspecified atom stereocenters. The molecule has 2 nitrogen and oxygen atoms in total. The van der Waals surface area contributed by atoms with Crippen LogP contribution in [-0.4, -0.2) is 9.55 Å². The van der Waals surface area contributed by atoms with E-state index in [2.05, 4.69) is 153 Å². The summed E-state index contributed by atoms with van der Waals surface area (Å²) in [5.41, 5.74) is 12.3. The van der Waals surface area contributed by atoms with Crippen LogP contribution in [0.4, 0.5) is 0 Å². The summed E-state index contributed by atoms with van der Waals surface area (Å²) in [6, 6.07) is 41.6. The molecule has 0 spiro atoms. The molecule has 0 saturated carbocycles. The molecule has 0 fully saturated rings. The number of aromatic nitrogens is 2. The molecule has 0 N–H and O–H groups in total. The maximum atomic E-state index is 5.31. The highest BCUT2D eigenvalue weighted by Gasteiger charge is 2.24. The van der Waals surface area contributed by atoms with Gasteiger partial charge in [-0.2, -0.15) is 0 Å². The normalized spacial score (nSPS) is 11.8. The van der Waals surface area contributed by atoms with Crippen LogP contribution in [0.2, 0.25) is 0 Å². The van der Waals surface area contributed by atoms with Gasteiger partial charge in [-0.05, 0) is 75.5 Å². The van der Waals surface area contributed by atoms with E-state index in [0.29, 0.717) is 11.8 Å². The number of para-hydroxylation sites is 2. The van der Waals surface area contributed by atoms with Crippen molar-refractivity contribution in [3.8, 4) is 39.3 Å². The highest BCUT2D eigenvalue weighted by atomic mass is 32.1. The molecule has 0 radical (unpaired) electrons. The number of imidazole rings is 1. The zero-order chi connectivity index (χ0) is 28.8. The maximum Gasteiger partial charge on any atom is 0.147 e. The lowest BCUT2D eigenvalue weighted by molar-refractivity contribution is 0.812. The molecule has 2 aromatic heterocycles. The smallest absolute Gasteiger partial charge is 0.147 e. The van der Waals surface area contributed by atoms with Crippen LogP contribution < -0.4 is 0 Å². The van der Waals surface area contributed by atoms with E-state index in [1.54, 1.807) is 11.3 Å². The van der Waals surface area contributed by atoms with Gasteiger partial charge in [0.2, 0.25) is 0 Å². The number of hydrogen-bond donors (Lipinski definition) is 0. The minimum Gasteiger partial charge on any atom is -0.292 e. The number of rotatable bonds is 6. The lowest BCUT2D eigenvalue weighted by atomic mass is 9.88. The Kier molecular flexibility index (Phi) is 6.76. The number of hydrogen-bond acceptors (Lipinski definition) is 2. The van der Waals surface area contributed by atoms with E-state index in [9.17, 15) is 0 Å². The Balaban J connectivity index is 1.50. The van der Waals surface area contributed by atoms with Crippen LogP contribution in [0.1, 0.15) is 50.7 Å². The minimum atomic E-state index is 0.336. The van der Waals surface area contributed by atoms with E-state index < -0.39 is 0 Å². The van der Waals surface area contributed by atoms with E-state index in [4.69, 9.17) is 4.98 Å². The van der Waals surface area contributed by atoms with Gasteiger partial charge in [-0.25, -0.2) is 4.98 Å². The van der Waals surface area contributed by atoms with Crippen LogP contribution in [0.15, 0.2) is 121 Å². The molecule has 7 aromatic rings. The van der Waals surface area contributed by atoms with Gasteiger partial charge in [0.05, 0.1) is 16.7 Å². The summed E-state index contributed by atoms with van der Waals surface area (Å²) < 4.78 is 3.72. The second-order valence-electron chi connectivity index (χ2n) is 11.7. The van der Waals surface area contributed by atoms with Crippen molar-refractivity contribution in [2.45, 2.75) is 39.5 Å². The van der Waals surface area contributed by atoms with Crippen LogP contribution in [-0.2, 0) is 0 Å². The van der Waals surface area contributed by atoms with E-state index in [0.717, 1.165) is 16.9 Å². The zero-order valence-corrected chi connectivity index (χ0v) is 25.3. The van der Waals surface area contributed by atoms with E-state index >= 15 is 0 Å². The second-order valence-corrected chi connectivity index (χ2v) is 12.6. The molecule has 0 saturated heterocycles. The molecule has 0 amide bonds. The van der Waals surface area contributed by atoms with Gasteiger partial charge < -0.3 is 0 Å². The van der Waals surface area contributed by atoms with Gasteiger partial charge in [-0.1, -0.05) is 113 Å². The summed E-state index contributed by atoms with van der Waals surface area (Å²) in [5.74, 6) is 1.68. The fourth-order valence-corrected chi connectivity index (χ4v) is 7.04. The molecule has 0 aliphatic carbocycles. The van der Waals surface area contributed by atoms with Gasteiger partial charge in [0.1, 0.15) is 5.82 Å². The monoisotopic (exact) mass is 562 g/mol. The predicted molar refractivity (Wildman–Crippen MR) is 181 cm³/mol. The molecule has 0 bridgehead atoms. The highest BCUT2D eigenvalue weighted by Crippen LogP contribution is 2.43. The lowest BCUT2D eigenvalue weighted by Gasteiger charge is -2.24. The minimum absolute atomic E-state index is 0.336. The number of thiophene rings is 1. The van der Waals surface area contributed by atoms with Gasteiger partial charge in [-0.3, -0.25) is 4.57 Å². The van der Waals surface area contributed by atoms with Crippen LogP contribution in [0.3, 0.4) is 0 Å². The third-order valence-electron chi connectivity index (χ3n) is 8.23. The van der Waals surface area contributed by atoms with Crippen molar-refractivity contribution < 1.29 is 0 Å². The zero-order valence-electron chi connectivity index (χ0n) is 24.5. The second kappa shape index (κ2) is 10.7. The standard InChI is InChI=1S/C39H34N2S/c1-25(2)32-21-30(28-15-9-6-10-16-28)22-33(26(3)4)38(32)41-36-18-12-11-17-35(36)40-39(41)34-24-42-37-23-29(19-20-31(34)37)27-13-7-5-8-14-27/h5-26H,1-4H3. The van der Waals surface area contributed by atoms with Crippen molar-refractivity contribution in [1.82, 2.24) is 9.55 Å². The Hall–Kier alpha value is -4.47. The van der Waals surface area contributed by atoms with Gasteiger partial charge in [-0.15, -0.1) is 11.3 Å².